The lowest BCUT2D eigenvalue weighted by atomic mass is 9.66. The zero-order valence-electron chi connectivity index (χ0n) is 30.0. The Morgan fingerprint density at radius 3 is 1.96 bits per heavy atom. The zero-order chi connectivity index (χ0) is 35.2. The smallest absolute Gasteiger partial charge is 0.137 e. The summed E-state index contributed by atoms with van der Waals surface area (Å²) in [6.07, 6.45) is 1.88. The van der Waals surface area contributed by atoms with Crippen molar-refractivity contribution in [2.24, 2.45) is 0 Å². The van der Waals surface area contributed by atoms with Crippen LogP contribution in [0.2, 0.25) is 0 Å². The average Bonchev–Trinajstić information content (AvgIpc) is 3.80. The van der Waals surface area contributed by atoms with Gasteiger partial charge in [-0.1, -0.05) is 118 Å². The van der Waals surface area contributed by atoms with Gasteiger partial charge in [-0.05, 0) is 99.0 Å². The molecule has 4 nitrogen and oxygen atoms in total. The fourth-order valence-electron chi connectivity index (χ4n) is 8.98. The van der Waals surface area contributed by atoms with Gasteiger partial charge in [0.2, 0.25) is 0 Å². The molecule has 1 aliphatic heterocycles. The molecule has 0 bridgehead atoms. The highest BCUT2D eigenvalue weighted by atomic mass is 15.4. The van der Waals surface area contributed by atoms with E-state index in [4.69, 9.17) is 4.98 Å². The van der Waals surface area contributed by atoms with Gasteiger partial charge in [0.25, 0.3) is 0 Å². The summed E-state index contributed by atoms with van der Waals surface area (Å²) < 4.78 is 2.30. The molecule has 0 saturated heterocycles. The Balaban J connectivity index is 1.31. The molecule has 8 aromatic rings. The molecule has 2 aliphatic rings. The maximum Gasteiger partial charge on any atom is 0.137 e. The minimum atomic E-state index is -0.559. The third-order valence-electron chi connectivity index (χ3n) is 11.4. The first-order valence-corrected chi connectivity index (χ1v) is 18.2. The predicted octanol–water partition coefficient (Wildman–Crippen LogP) is 11.4. The maximum atomic E-state index is 4.80. The molecule has 0 saturated carbocycles. The number of nitrogens with zero attached hydrogens (tertiary/aromatic N) is 4. The van der Waals surface area contributed by atoms with E-state index in [0.29, 0.717) is 0 Å². The van der Waals surface area contributed by atoms with E-state index >= 15 is 0 Å². The fraction of sp³-hybridized carbons (Fsp3) is 0.146. The molecule has 252 valence electrons. The number of rotatable bonds is 4. The molecule has 6 aromatic carbocycles. The summed E-state index contributed by atoms with van der Waals surface area (Å²) in [4.78, 5) is 9.63. The highest BCUT2D eigenvalue weighted by Crippen LogP contribution is 2.57. The van der Waals surface area contributed by atoms with Crippen LogP contribution in [0.3, 0.4) is 0 Å². The molecule has 0 N–H and O–H groups in total. The Morgan fingerprint density at radius 1 is 0.577 bits per heavy atom. The van der Waals surface area contributed by atoms with Crippen molar-refractivity contribution < 1.29 is 0 Å². The highest BCUT2D eigenvalue weighted by Gasteiger charge is 2.47. The van der Waals surface area contributed by atoms with Gasteiger partial charge in [0.15, 0.2) is 0 Å². The van der Waals surface area contributed by atoms with Crippen LogP contribution in [0.15, 0.2) is 158 Å². The second-order valence-electron chi connectivity index (χ2n) is 15.4. The summed E-state index contributed by atoms with van der Waals surface area (Å²) in [5.74, 6) is 0.922. The molecule has 1 aliphatic carbocycles. The third kappa shape index (κ3) is 4.30. The zero-order valence-corrected chi connectivity index (χ0v) is 30.0. The van der Waals surface area contributed by atoms with Gasteiger partial charge in [0, 0.05) is 29.7 Å². The molecule has 0 atom stereocenters. The van der Waals surface area contributed by atoms with Crippen molar-refractivity contribution in [3.8, 4) is 16.9 Å². The summed E-state index contributed by atoms with van der Waals surface area (Å²) >= 11 is 0. The van der Waals surface area contributed by atoms with Gasteiger partial charge in [0.05, 0.1) is 34.5 Å². The Kier molecular flexibility index (Phi) is 6.60. The lowest BCUT2D eigenvalue weighted by Gasteiger charge is -2.36. The highest BCUT2D eigenvalue weighted by molar-refractivity contribution is 6.09. The van der Waals surface area contributed by atoms with Crippen LogP contribution in [0, 0.1) is 0 Å². The lowest BCUT2D eigenvalue weighted by Crippen LogP contribution is -2.30. The lowest BCUT2D eigenvalue weighted by molar-refractivity contribution is 0.587. The van der Waals surface area contributed by atoms with Crippen molar-refractivity contribution in [1.29, 1.82) is 0 Å². The van der Waals surface area contributed by atoms with E-state index in [2.05, 4.69) is 188 Å². The molecule has 2 aromatic heterocycles. The normalized spacial score (nSPS) is 14.5. The molecule has 0 radical (unpaired) electrons. The summed E-state index contributed by atoms with van der Waals surface area (Å²) in [5.41, 5.74) is 14.5. The van der Waals surface area contributed by atoms with Crippen molar-refractivity contribution in [2.45, 2.75) is 31.6 Å². The van der Waals surface area contributed by atoms with Crippen LogP contribution in [-0.2, 0) is 10.8 Å². The van der Waals surface area contributed by atoms with E-state index in [1.165, 1.54) is 66.8 Å². The maximum absolute atomic E-state index is 4.80. The van der Waals surface area contributed by atoms with Crippen LogP contribution < -0.4 is 9.80 Å². The first kappa shape index (κ1) is 30.7. The molecule has 4 heteroatoms. The summed E-state index contributed by atoms with van der Waals surface area (Å²) in [7, 11) is 2.19. The van der Waals surface area contributed by atoms with Crippen LogP contribution in [0.5, 0.6) is 0 Å². The standard InChI is InChI=1S/C48H40N4/c1-47(2,3)33-27-34(29-35(28-33)51-31-50(4)44-21-11-12-22-45(44)51)48(40-18-8-5-15-36(40)37-16-6-9-19-41(37)48)32-24-25-43-39(30-32)38-17-7-10-20-42(38)52(43)46-23-13-14-26-49-46/h5-30H,31H2,1-4H3. The van der Waals surface area contributed by atoms with Crippen molar-refractivity contribution in [1.82, 2.24) is 9.55 Å². The van der Waals surface area contributed by atoms with Crippen molar-refractivity contribution >= 4 is 38.9 Å². The Bertz CT molecular complexity index is 2630. The number of benzene rings is 6. The van der Waals surface area contributed by atoms with E-state index in [0.717, 1.165) is 23.5 Å². The SMILES string of the molecule is CN1CN(c2cc(C(C)(C)C)cc(C3(c4ccc5c(c4)c4ccccc4n5-c4ccccn4)c4ccccc4-c4ccccc43)c2)c2ccccc21. The number of para-hydroxylation sites is 3. The molecular weight excluding hydrogens is 633 g/mol. The Hall–Kier alpha value is -6.13. The number of hydrogen-bond acceptors (Lipinski definition) is 3. The van der Waals surface area contributed by atoms with E-state index in [-0.39, 0.29) is 5.41 Å². The quantitative estimate of drug-likeness (QED) is 0.186. The van der Waals surface area contributed by atoms with E-state index < -0.39 is 5.41 Å². The molecule has 0 spiro atoms. The van der Waals surface area contributed by atoms with Gasteiger partial charge in [-0.15, -0.1) is 0 Å². The largest absolute Gasteiger partial charge is 0.355 e. The van der Waals surface area contributed by atoms with Crippen molar-refractivity contribution in [3.63, 3.8) is 0 Å². The molecule has 3 heterocycles. The fourth-order valence-corrected chi connectivity index (χ4v) is 8.98. The van der Waals surface area contributed by atoms with Crippen molar-refractivity contribution in [2.75, 3.05) is 23.5 Å². The van der Waals surface area contributed by atoms with Crippen LogP contribution >= 0.6 is 0 Å². The number of anilines is 3. The first-order chi connectivity index (χ1) is 25.3. The van der Waals surface area contributed by atoms with Crippen LogP contribution in [0.1, 0.15) is 48.6 Å². The summed E-state index contributed by atoms with van der Waals surface area (Å²) in [6, 6.07) is 56.3. The molecule has 10 rings (SSSR count). The number of aromatic nitrogens is 2. The van der Waals surface area contributed by atoms with Crippen LogP contribution in [0.4, 0.5) is 17.1 Å². The van der Waals surface area contributed by atoms with Gasteiger partial charge < -0.3 is 9.80 Å². The predicted molar refractivity (Wildman–Crippen MR) is 216 cm³/mol. The Labute approximate surface area is 305 Å². The van der Waals surface area contributed by atoms with Gasteiger partial charge in [0.1, 0.15) is 5.82 Å². The molecular formula is C48H40N4. The first-order valence-electron chi connectivity index (χ1n) is 18.2. The van der Waals surface area contributed by atoms with Crippen molar-refractivity contribution in [3.05, 3.63) is 186 Å². The van der Waals surface area contributed by atoms with E-state index in [1.54, 1.807) is 0 Å². The van der Waals surface area contributed by atoms with Gasteiger partial charge in [-0.3, -0.25) is 4.57 Å². The minimum Gasteiger partial charge on any atom is -0.355 e. The number of fused-ring (bicyclic) bond motifs is 7. The number of pyridine rings is 1. The Morgan fingerprint density at radius 2 is 1.23 bits per heavy atom. The van der Waals surface area contributed by atoms with E-state index in [9.17, 15) is 0 Å². The summed E-state index contributed by atoms with van der Waals surface area (Å²) in [5, 5.41) is 2.45. The second-order valence-corrected chi connectivity index (χ2v) is 15.4. The van der Waals surface area contributed by atoms with Gasteiger partial charge in [-0.2, -0.15) is 0 Å². The second kappa shape index (κ2) is 11.2. The van der Waals surface area contributed by atoms with Gasteiger partial charge in [-0.25, -0.2) is 4.98 Å². The average molecular weight is 673 g/mol. The van der Waals surface area contributed by atoms with E-state index in [1.807, 2.05) is 12.3 Å². The number of hydrogen-bond donors (Lipinski definition) is 0. The monoisotopic (exact) mass is 672 g/mol. The molecule has 0 fully saturated rings. The van der Waals surface area contributed by atoms with Crippen LogP contribution in [-0.4, -0.2) is 23.3 Å². The van der Waals surface area contributed by atoms with Gasteiger partial charge >= 0.3 is 0 Å². The third-order valence-corrected chi connectivity index (χ3v) is 11.4. The molecule has 52 heavy (non-hydrogen) atoms. The summed E-state index contributed by atoms with van der Waals surface area (Å²) in [6.45, 7) is 7.80. The topological polar surface area (TPSA) is 24.3 Å². The molecule has 0 unspecified atom stereocenters. The minimum absolute atomic E-state index is 0.0746. The van der Waals surface area contributed by atoms with Crippen LogP contribution in [0.25, 0.3) is 38.8 Å². The molecule has 0 amide bonds.